The molecule has 1 fully saturated rings. The van der Waals surface area contributed by atoms with Gasteiger partial charge in [0.2, 0.25) is 0 Å². The minimum absolute atomic E-state index is 0.193. The zero-order valence-corrected chi connectivity index (χ0v) is 13.3. The number of aromatic nitrogens is 1. The SMILES string of the molecule is Cc1cc2c(cn1)C1(CCN(Cc3ccccc3)CC1)OC2=O. The first-order valence-electron chi connectivity index (χ1n) is 8.13. The summed E-state index contributed by atoms with van der Waals surface area (Å²) in [7, 11) is 0. The Morgan fingerprint density at radius 1 is 1.22 bits per heavy atom. The van der Waals surface area contributed by atoms with Gasteiger partial charge in [-0.05, 0) is 18.6 Å². The van der Waals surface area contributed by atoms with Crippen LogP contribution in [0, 0.1) is 6.92 Å². The van der Waals surface area contributed by atoms with Crippen LogP contribution in [0.5, 0.6) is 0 Å². The molecule has 0 unspecified atom stereocenters. The number of nitrogens with zero attached hydrogens (tertiary/aromatic N) is 2. The van der Waals surface area contributed by atoms with Crippen molar-refractivity contribution >= 4 is 5.97 Å². The molecule has 4 rings (SSSR count). The van der Waals surface area contributed by atoms with Gasteiger partial charge in [0.05, 0.1) is 5.56 Å². The van der Waals surface area contributed by atoms with Crippen LogP contribution in [-0.2, 0) is 16.9 Å². The van der Waals surface area contributed by atoms with Crippen LogP contribution >= 0.6 is 0 Å². The number of carbonyl (C=O) groups excluding carboxylic acids is 1. The molecule has 4 heteroatoms. The number of pyridine rings is 1. The van der Waals surface area contributed by atoms with Crippen LogP contribution in [0.1, 0.15) is 40.0 Å². The van der Waals surface area contributed by atoms with E-state index in [4.69, 9.17) is 4.74 Å². The molecule has 0 atom stereocenters. The Hall–Kier alpha value is -2.20. The highest BCUT2D eigenvalue weighted by Crippen LogP contribution is 2.44. The summed E-state index contributed by atoms with van der Waals surface area (Å²) >= 11 is 0. The van der Waals surface area contributed by atoms with Gasteiger partial charge in [0, 0.05) is 49.9 Å². The minimum atomic E-state index is -0.458. The van der Waals surface area contributed by atoms with Crippen molar-refractivity contribution in [3.63, 3.8) is 0 Å². The van der Waals surface area contributed by atoms with Gasteiger partial charge in [-0.15, -0.1) is 0 Å². The number of aryl methyl sites for hydroxylation is 1. The second-order valence-corrected chi connectivity index (χ2v) is 6.52. The monoisotopic (exact) mass is 308 g/mol. The van der Waals surface area contributed by atoms with Crippen molar-refractivity contribution in [3.8, 4) is 0 Å². The maximum Gasteiger partial charge on any atom is 0.339 e. The quantitative estimate of drug-likeness (QED) is 0.800. The van der Waals surface area contributed by atoms with E-state index in [0.717, 1.165) is 43.7 Å². The van der Waals surface area contributed by atoms with E-state index in [-0.39, 0.29) is 5.97 Å². The number of fused-ring (bicyclic) bond motifs is 2. The topological polar surface area (TPSA) is 42.4 Å². The van der Waals surface area contributed by atoms with Gasteiger partial charge in [-0.2, -0.15) is 0 Å². The van der Waals surface area contributed by atoms with Crippen molar-refractivity contribution in [2.45, 2.75) is 31.9 Å². The molecule has 0 radical (unpaired) electrons. The first-order chi connectivity index (χ1) is 11.2. The molecule has 2 aromatic rings. The highest BCUT2D eigenvalue weighted by atomic mass is 16.6. The van der Waals surface area contributed by atoms with Crippen molar-refractivity contribution in [2.24, 2.45) is 0 Å². The fourth-order valence-corrected chi connectivity index (χ4v) is 3.66. The lowest BCUT2D eigenvalue weighted by Crippen LogP contribution is -2.42. The summed E-state index contributed by atoms with van der Waals surface area (Å²) in [4.78, 5) is 19.0. The van der Waals surface area contributed by atoms with E-state index in [1.165, 1.54) is 5.56 Å². The average molecular weight is 308 g/mol. The van der Waals surface area contributed by atoms with Crippen LogP contribution in [0.25, 0.3) is 0 Å². The zero-order chi connectivity index (χ0) is 15.9. The van der Waals surface area contributed by atoms with Gasteiger partial charge in [-0.25, -0.2) is 4.79 Å². The summed E-state index contributed by atoms with van der Waals surface area (Å²) in [5.74, 6) is -0.193. The Kier molecular flexibility index (Phi) is 3.42. The predicted molar refractivity (Wildman–Crippen MR) is 87.0 cm³/mol. The van der Waals surface area contributed by atoms with Crippen LogP contribution in [0.15, 0.2) is 42.6 Å². The lowest BCUT2D eigenvalue weighted by molar-refractivity contribution is -0.0441. The molecule has 1 spiro atoms. The van der Waals surface area contributed by atoms with Crippen LogP contribution in [-0.4, -0.2) is 28.9 Å². The summed E-state index contributed by atoms with van der Waals surface area (Å²) in [6, 6.07) is 12.3. The molecule has 4 nitrogen and oxygen atoms in total. The van der Waals surface area contributed by atoms with Gasteiger partial charge in [-0.3, -0.25) is 9.88 Å². The molecule has 0 bridgehead atoms. The lowest BCUT2D eigenvalue weighted by atomic mass is 9.84. The van der Waals surface area contributed by atoms with E-state index in [1.807, 2.05) is 25.3 Å². The second-order valence-electron chi connectivity index (χ2n) is 6.52. The first kappa shape index (κ1) is 14.4. The van der Waals surface area contributed by atoms with E-state index >= 15 is 0 Å². The van der Waals surface area contributed by atoms with Gasteiger partial charge in [-0.1, -0.05) is 30.3 Å². The van der Waals surface area contributed by atoms with E-state index in [9.17, 15) is 4.79 Å². The Balaban J connectivity index is 1.51. The number of carbonyl (C=O) groups is 1. The summed E-state index contributed by atoms with van der Waals surface area (Å²) in [6.45, 7) is 4.70. The van der Waals surface area contributed by atoms with Crippen molar-refractivity contribution in [1.29, 1.82) is 0 Å². The third kappa shape index (κ3) is 2.53. The molecule has 118 valence electrons. The van der Waals surface area contributed by atoms with Crippen LogP contribution in [0.3, 0.4) is 0 Å². The molecule has 1 aromatic carbocycles. The second kappa shape index (κ2) is 5.46. The summed E-state index contributed by atoms with van der Waals surface area (Å²) in [5, 5.41) is 0. The van der Waals surface area contributed by atoms with Crippen molar-refractivity contribution < 1.29 is 9.53 Å². The molecule has 2 aliphatic heterocycles. The number of esters is 1. The first-order valence-corrected chi connectivity index (χ1v) is 8.13. The smallest absolute Gasteiger partial charge is 0.339 e. The maximum absolute atomic E-state index is 12.2. The molecule has 1 saturated heterocycles. The molecule has 1 aromatic heterocycles. The molecule has 0 aliphatic carbocycles. The third-order valence-electron chi connectivity index (χ3n) is 4.95. The van der Waals surface area contributed by atoms with Gasteiger partial charge >= 0.3 is 5.97 Å². The molecule has 0 N–H and O–H groups in total. The fourth-order valence-electron chi connectivity index (χ4n) is 3.66. The molecule has 3 heterocycles. The number of hydrogen-bond acceptors (Lipinski definition) is 4. The Bertz CT molecular complexity index is 734. The number of benzene rings is 1. The Morgan fingerprint density at radius 3 is 2.70 bits per heavy atom. The summed E-state index contributed by atoms with van der Waals surface area (Å²) in [5.41, 5.74) is 3.41. The Labute approximate surface area is 136 Å². The maximum atomic E-state index is 12.2. The van der Waals surface area contributed by atoms with Crippen molar-refractivity contribution in [2.75, 3.05) is 13.1 Å². The minimum Gasteiger partial charge on any atom is -0.450 e. The van der Waals surface area contributed by atoms with Gasteiger partial charge < -0.3 is 4.74 Å². The molecule has 2 aliphatic rings. The van der Waals surface area contributed by atoms with Crippen molar-refractivity contribution in [3.05, 3.63) is 65.0 Å². The average Bonchev–Trinajstić information content (AvgIpc) is 2.83. The van der Waals surface area contributed by atoms with E-state index in [0.29, 0.717) is 5.56 Å². The van der Waals surface area contributed by atoms with Gasteiger partial charge in [0.1, 0.15) is 5.60 Å². The molecular formula is C19H20N2O2. The third-order valence-corrected chi connectivity index (χ3v) is 4.95. The number of hydrogen-bond donors (Lipinski definition) is 0. The van der Waals surface area contributed by atoms with E-state index in [2.05, 4.69) is 34.1 Å². The summed E-state index contributed by atoms with van der Waals surface area (Å²) < 4.78 is 5.81. The van der Waals surface area contributed by atoms with Crippen molar-refractivity contribution in [1.82, 2.24) is 9.88 Å². The fraction of sp³-hybridized carbons (Fsp3) is 0.368. The lowest BCUT2D eigenvalue weighted by Gasteiger charge is -2.38. The molecular weight excluding hydrogens is 288 g/mol. The number of ether oxygens (including phenoxy) is 1. The normalized spacial score (nSPS) is 19.6. The van der Waals surface area contributed by atoms with Gasteiger partial charge in [0.15, 0.2) is 0 Å². The van der Waals surface area contributed by atoms with Gasteiger partial charge in [0.25, 0.3) is 0 Å². The molecule has 0 amide bonds. The summed E-state index contributed by atoms with van der Waals surface area (Å²) in [6.07, 6.45) is 3.51. The number of rotatable bonds is 2. The molecule has 23 heavy (non-hydrogen) atoms. The zero-order valence-electron chi connectivity index (χ0n) is 13.3. The predicted octanol–water partition coefficient (Wildman–Crippen LogP) is 3.05. The standard InChI is InChI=1S/C19H20N2O2/c1-14-11-16-17(12-20-14)19(23-18(16)22)7-9-21(10-8-19)13-15-5-3-2-4-6-15/h2-6,11-12H,7-10,13H2,1H3. The van der Waals surface area contributed by atoms with Crippen LogP contribution in [0.4, 0.5) is 0 Å². The van der Waals surface area contributed by atoms with E-state index < -0.39 is 5.60 Å². The largest absolute Gasteiger partial charge is 0.450 e. The number of likely N-dealkylation sites (tertiary alicyclic amines) is 1. The highest BCUT2D eigenvalue weighted by molar-refractivity contribution is 5.94. The van der Waals surface area contributed by atoms with E-state index in [1.54, 1.807) is 0 Å². The van der Waals surface area contributed by atoms with Crippen LogP contribution < -0.4 is 0 Å². The van der Waals surface area contributed by atoms with Crippen LogP contribution in [0.2, 0.25) is 0 Å². The highest BCUT2D eigenvalue weighted by Gasteiger charge is 2.47. The Morgan fingerprint density at radius 2 is 1.96 bits per heavy atom. The number of piperidine rings is 1. The molecule has 0 saturated carbocycles.